The minimum absolute atomic E-state index is 0.133. The summed E-state index contributed by atoms with van der Waals surface area (Å²) in [7, 11) is 0. The summed E-state index contributed by atoms with van der Waals surface area (Å²) in [5, 5.41) is 9.15. The molecule has 0 radical (unpaired) electrons. The highest BCUT2D eigenvalue weighted by molar-refractivity contribution is 6.02. The average Bonchev–Trinajstić information content (AvgIpc) is 2.86. The summed E-state index contributed by atoms with van der Waals surface area (Å²) in [6.45, 7) is 2.77. The van der Waals surface area contributed by atoms with Crippen LogP contribution < -0.4 is 5.32 Å². The summed E-state index contributed by atoms with van der Waals surface area (Å²) in [4.78, 5) is 11.8. The molecule has 2 aromatic rings. The molecule has 0 spiro atoms. The predicted molar refractivity (Wildman–Crippen MR) is 56.6 cm³/mol. The quantitative estimate of drug-likeness (QED) is 0.795. The van der Waals surface area contributed by atoms with Gasteiger partial charge in [-0.25, -0.2) is 0 Å². The fraction of sp³-hybridized carbons (Fsp3) is 0.200. The third kappa shape index (κ3) is 1.90. The van der Waals surface area contributed by atoms with Crippen LogP contribution in [0.2, 0.25) is 0 Å². The van der Waals surface area contributed by atoms with E-state index in [0.29, 0.717) is 11.5 Å². The fourth-order valence-corrected chi connectivity index (χ4v) is 1.41. The second-order valence-corrected chi connectivity index (χ2v) is 3.10. The van der Waals surface area contributed by atoms with Crippen LogP contribution in [-0.2, 0) is 6.54 Å². The highest BCUT2D eigenvalue weighted by Gasteiger charge is 2.10. The first-order valence-corrected chi connectivity index (χ1v) is 4.77. The zero-order valence-electron chi connectivity index (χ0n) is 8.40. The summed E-state index contributed by atoms with van der Waals surface area (Å²) in [6, 6.07) is 5.34. The lowest BCUT2D eigenvalue weighted by Crippen LogP contribution is -2.16. The van der Waals surface area contributed by atoms with Crippen LogP contribution >= 0.6 is 0 Å². The van der Waals surface area contributed by atoms with E-state index in [1.807, 2.05) is 23.8 Å². The van der Waals surface area contributed by atoms with Gasteiger partial charge in [-0.15, -0.1) is 0 Å². The Morgan fingerprint density at radius 1 is 1.60 bits per heavy atom. The van der Waals surface area contributed by atoms with Crippen molar-refractivity contribution in [2.75, 3.05) is 5.32 Å². The highest BCUT2D eigenvalue weighted by atomic mass is 16.2. The van der Waals surface area contributed by atoms with E-state index in [1.165, 1.54) is 0 Å². The first-order chi connectivity index (χ1) is 7.31. The minimum atomic E-state index is -0.133. The fourth-order valence-electron chi connectivity index (χ4n) is 1.41. The molecule has 0 aliphatic heterocycles. The maximum atomic E-state index is 11.8. The number of rotatable bonds is 3. The zero-order chi connectivity index (χ0) is 10.7. The lowest BCUT2D eigenvalue weighted by molar-refractivity contribution is 0.101. The van der Waals surface area contributed by atoms with Crippen molar-refractivity contribution < 1.29 is 4.79 Å². The Labute approximate surface area is 87.1 Å². The number of anilines is 1. The number of aromatic amines is 1. The minimum Gasteiger partial charge on any atom is -0.344 e. The molecule has 0 saturated carbocycles. The van der Waals surface area contributed by atoms with Crippen LogP contribution in [0.25, 0.3) is 0 Å². The third-order valence-corrected chi connectivity index (χ3v) is 2.15. The lowest BCUT2D eigenvalue weighted by atomic mass is 10.4. The van der Waals surface area contributed by atoms with E-state index in [1.54, 1.807) is 18.3 Å². The first-order valence-electron chi connectivity index (χ1n) is 4.77. The Morgan fingerprint density at radius 2 is 2.47 bits per heavy atom. The average molecular weight is 204 g/mol. The van der Waals surface area contributed by atoms with Crippen molar-refractivity contribution in [1.82, 2.24) is 14.8 Å². The molecule has 2 rings (SSSR count). The predicted octanol–water partition coefficient (Wildman–Crippen LogP) is 1.48. The zero-order valence-corrected chi connectivity index (χ0v) is 8.40. The molecule has 0 aromatic carbocycles. The maximum absolute atomic E-state index is 11.8. The normalized spacial score (nSPS) is 10.2. The van der Waals surface area contributed by atoms with E-state index in [2.05, 4.69) is 15.5 Å². The molecule has 2 N–H and O–H groups in total. The van der Waals surface area contributed by atoms with Crippen molar-refractivity contribution >= 4 is 11.7 Å². The van der Waals surface area contributed by atoms with Gasteiger partial charge in [0.1, 0.15) is 11.5 Å². The van der Waals surface area contributed by atoms with E-state index >= 15 is 0 Å². The van der Waals surface area contributed by atoms with Crippen molar-refractivity contribution in [2.45, 2.75) is 13.5 Å². The van der Waals surface area contributed by atoms with Crippen LogP contribution in [-0.4, -0.2) is 20.7 Å². The maximum Gasteiger partial charge on any atom is 0.273 e. The van der Waals surface area contributed by atoms with Crippen molar-refractivity contribution in [3.05, 3.63) is 36.3 Å². The number of H-pyrrole nitrogens is 1. The summed E-state index contributed by atoms with van der Waals surface area (Å²) in [5.74, 6) is 0.468. The number of aryl methyl sites for hydroxylation is 1. The van der Waals surface area contributed by atoms with Crippen molar-refractivity contribution in [2.24, 2.45) is 0 Å². The highest BCUT2D eigenvalue weighted by Crippen LogP contribution is 2.06. The number of amides is 1. The second kappa shape index (κ2) is 4.00. The van der Waals surface area contributed by atoms with Gasteiger partial charge in [0.15, 0.2) is 0 Å². The number of carbonyl (C=O) groups is 1. The van der Waals surface area contributed by atoms with E-state index in [4.69, 9.17) is 0 Å². The second-order valence-electron chi connectivity index (χ2n) is 3.10. The molecule has 0 atom stereocenters. The van der Waals surface area contributed by atoms with Gasteiger partial charge >= 0.3 is 0 Å². The molecular formula is C10H12N4O. The standard InChI is InChI=1S/C10H12N4O/c1-2-14-7-3-4-8(14)10(15)12-9-5-6-11-13-9/h3-7H,2H2,1H3,(H2,11,12,13,15). The summed E-state index contributed by atoms with van der Waals surface area (Å²) in [6.07, 6.45) is 3.47. The van der Waals surface area contributed by atoms with Gasteiger partial charge in [0.25, 0.3) is 5.91 Å². The number of nitrogens with zero attached hydrogens (tertiary/aromatic N) is 2. The van der Waals surface area contributed by atoms with Crippen LogP contribution in [0.1, 0.15) is 17.4 Å². The van der Waals surface area contributed by atoms with E-state index < -0.39 is 0 Å². The molecule has 0 unspecified atom stereocenters. The van der Waals surface area contributed by atoms with E-state index in [0.717, 1.165) is 6.54 Å². The summed E-state index contributed by atoms with van der Waals surface area (Å²) >= 11 is 0. The molecule has 0 bridgehead atoms. The Hall–Kier alpha value is -2.04. The molecule has 0 aliphatic rings. The molecule has 78 valence electrons. The molecule has 5 heteroatoms. The monoisotopic (exact) mass is 204 g/mol. The van der Waals surface area contributed by atoms with Gasteiger partial charge in [-0.1, -0.05) is 0 Å². The van der Waals surface area contributed by atoms with Crippen molar-refractivity contribution in [1.29, 1.82) is 0 Å². The number of aromatic nitrogens is 3. The number of carbonyl (C=O) groups excluding carboxylic acids is 1. The SMILES string of the molecule is CCn1cccc1C(=O)Nc1ccn[nH]1. The van der Waals surface area contributed by atoms with E-state index in [9.17, 15) is 4.79 Å². The molecule has 2 heterocycles. The van der Waals surface area contributed by atoms with E-state index in [-0.39, 0.29) is 5.91 Å². The van der Waals surface area contributed by atoms with Gasteiger partial charge in [0, 0.05) is 18.8 Å². The smallest absolute Gasteiger partial charge is 0.273 e. The summed E-state index contributed by atoms with van der Waals surface area (Å²) in [5.41, 5.74) is 0.645. The van der Waals surface area contributed by atoms with Crippen LogP contribution in [0.4, 0.5) is 5.82 Å². The molecule has 15 heavy (non-hydrogen) atoms. The number of nitrogens with one attached hydrogen (secondary N) is 2. The lowest BCUT2D eigenvalue weighted by Gasteiger charge is -2.05. The number of hydrogen-bond acceptors (Lipinski definition) is 2. The van der Waals surface area contributed by atoms with Gasteiger partial charge in [-0.2, -0.15) is 5.10 Å². The third-order valence-electron chi connectivity index (χ3n) is 2.15. The topological polar surface area (TPSA) is 62.7 Å². The molecule has 0 aliphatic carbocycles. The molecule has 0 fully saturated rings. The van der Waals surface area contributed by atoms with Crippen LogP contribution in [0.15, 0.2) is 30.6 Å². The molecular weight excluding hydrogens is 192 g/mol. The largest absolute Gasteiger partial charge is 0.344 e. The van der Waals surface area contributed by atoms with Crippen LogP contribution in [0, 0.1) is 0 Å². The van der Waals surface area contributed by atoms with Gasteiger partial charge in [0.05, 0.1) is 6.20 Å². The van der Waals surface area contributed by atoms with Gasteiger partial charge in [-0.05, 0) is 19.1 Å². The van der Waals surface area contributed by atoms with Crippen LogP contribution in [0.5, 0.6) is 0 Å². The first kappa shape index (κ1) is 9.51. The van der Waals surface area contributed by atoms with Crippen LogP contribution in [0.3, 0.4) is 0 Å². The number of hydrogen-bond donors (Lipinski definition) is 2. The Kier molecular flexibility index (Phi) is 2.53. The molecule has 5 nitrogen and oxygen atoms in total. The Morgan fingerprint density at radius 3 is 3.13 bits per heavy atom. The molecule has 0 saturated heterocycles. The molecule has 1 amide bonds. The molecule has 2 aromatic heterocycles. The Balaban J connectivity index is 2.15. The van der Waals surface area contributed by atoms with Crippen molar-refractivity contribution in [3.63, 3.8) is 0 Å². The van der Waals surface area contributed by atoms with Gasteiger partial charge in [-0.3, -0.25) is 9.89 Å². The Bertz CT molecular complexity index is 444. The summed E-state index contributed by atoms with van der Waals surface area (Å²) < 4.78 is 1.88. The van der Waals surface area contributed by atoms with Gasteiger partial charge < -0.3 is 9.88 Å². The van der Waals surface area contributed by atoms with Crippen molar-refractivity contribution in [3.8, 4) is 0 Å². The van der Waals surface area contributed by atoms with Gasteiger partial charge in [0.2, 0.25) is 0 Å².